The topological polar surface area (TPSA) is 102 Å². The van der Waals surface area contributed by atoms with Crippen LogP contribution >= 0.6 is 0 Å². The van der Waals surface area contributed by atoms with Crippen molar-refractivity contribution in [2.75, 3.05) is 17.7 Å². The number of nitrogens with one attached hydrogen (secondary N) is 2. The molecule has 0 fully saturated rings. The van der Waals surface area contributed by atoms with Crippen LogP contribution < -0.4 is 15.8 Å². The Balaban J connectivity index is 1.83. The Morgan fingerprint density at radius 2 is 2.05 bits per heavy atom. The van der Waals surface area contributed by atoms with E-state index in [0.29, 0.717) is 18.1 Å². The van der Waals surface area contributed by atoms with E-state index in [1.54, 1.807) is 6.33 Å². The Labute approximate surface area is 121 Å². The number of rotatable bonds is 5. The lowest BCUT2D eigenvalue weighted by Crippen LogP contribution is -2.01. The number of aromatic nitrogens is 4. The Kier molecular flexibility index (Phi) is 3.55. The molecule has 0 aliphatic heterocycles. The number of imidazole rings is 1. The van der Waals surface area contributed by atoms with Gasteiger partial charge in [-0.25, -0.2) is 4.98 Å². The Hall–Kier alpha value is -2.83. The maximum absolute atomic E-state index is 5.68. The average molecular weight is 284 g/mol. The van der Waals surface area contributed by atoms with Gasteiger partial charge >= 0.3 is 0 Å². The predicted molar refractivity (Wildman–Crippen MR) is 81.6 cm³/mol. The van der Waals surface area contributed by atoms with Crippen molar-refractivity contribution in [2.45, 2.75) is 13.3 Å². The van der Waals surface area contributed by atoms with Crippen LogP contribution in [0.4, 0.5) is 17.5 Å². The molecule has 0 aliphatic carbocycles. The number of hydrogen-bond acceptors (Lipinski definition) is 6. The maximum Gasteiger partial charge on any atom is 0.224 e. The van der Waals surface area contributed by atoms with E-state index in [4.69, 9.17) is 10.5 Å². The van der Waals surface area contributed by atoms with Crippen molar-refractivity contribution in [1.82, 2.24) is 19.9 Å². The van der Waals surface area contributed by atoms with Crippen LogP contribution in [0.1, 0.15) is 13.3 Å². The molecule has 0 spiro atoms. The summed E-state index contributed by atoms with van der Waals surface area (Å²) in [5, 5.41) is 3.20. The van der Waals surface area contributed by atoms with Crippen LogP contribution in [0, 0.1) is 0 Å². The highest BCUT2D eigenvalue weighted by atomic mass is 16.5. The highest BCUT2D eigenvalue weighted by molar-refractivity contribution is 5.85. The molecule has 21 heavy (non-hydrogen) atoms. The molecule has 0 radical (unpaired) electrons. The molecule has 1 aromatic carbocycles. The fourth-order valence-corrected chi connectivity index (χ4v) is 1.93. The summed E-state index contributed by atoms with van der Waals surface area (Å²) in [6, 6.07) is 7.66. The van der Waals surface area contributed by atoms with Crippen LogP contribution in [0.5, 0.6) is 5.75 Å². The van der Waals surface area contributed by atoms with E-state index in [9.17, 15) is 0 Å². The van der Waals surface area contributed by atoms with Gasteiger partial charge in [0.05, 0.1) is 12.9 Å². The molecule has 0 bridgehead atoms. The maximum atomic E-state index is 5.68. The molecule has 7 nitrogen and oxygen atoms in total. The molecular weight excluding hydrogens is 268 g/mol. The quantitative estimate of drug-likeness (QED) is 0.665. The Morgan fingerprint density at radius 3 is 2.81 bits per heavy atom. The highest BCUT2D eigenvalue weighted by Crippen LogP contribution is 2.23. The van der Waals surface area contributed by atoms with E-state index >= 15 is 0 Å². The molecule has 0 saturated carbocycles. The second-order valence-electron chi connectivity index (χ2n) is 4.53. The highest BCUT2D eigenvalue weighted by Gasteiger charge is 2.08. The van der Waals surface area contributed by atoms with E-state index in [1.165, 1.54) is 0 Å². The summed E-state index contributed by atoms with van der Waals surface area (Å²) in [6.07, 6.45) is 2.55. The normalized spacial score (nSPS) is 10.7. The van der Waals surface area contributed by atoms with Gasteiger partial charge in [-0.1, -0.05) is 6.92 Å². The van der Waals surface area contributed by atoms with Gasteiger partial charge in [-0.3, -0.25) is 0 Å². The van der Waals surface area contributed by atoms with Crippen LogP contribution in [0.2, 0.25) is 0 Å². The first-order valence-electron chi connectivity index (χ1n) is 6.72. The first kappa shape index (κ1) is 13.2. The molecule has 0 atom stereocenters. The van der Waals surface area contributed by atoms with Crippen LogP contribution in [0.25, 0.3) is 11.2 Å². The lowest BCUT2D eigenvalue weighted by Gasteiger charge is -2.08. The zero-order chi connectivity index (χ0) is 14.7. The van der Waals surface area contributed by atoms with E-state index in [-0.39, 0.29) is 5.95 Å². The lowest BCUT2D eigenvalue weighted by molar-refractivity contribution is 0.317. The van der Waals surface area contributed by atoms with Gasteiger partial charge in [0, 0.05) is 5.69 Å². The average Bonchev–Trinajstić information content (AvgIpc) is 2.95. The minimum absolute atomic E-state index is 0.181. The minimum atomic E-state index is 0.181. The van der Waals surface area contributed by atoms with Crippen LogP contribution in [-0.2, 0) is 0 Å². The first-order chi connectivity index (χ1) is 10.3. The summed E-state index contributed by atoms with van der Waals surface area (Å²) >= 11 is 0. The molecule has 7 heteroatoms. The van der Waals surface area contributed by atoms with Gasteiger partial charge in [0.25, 0.3) is 0 Å². The number of ether oxygens (including phenoxy) is 1. The number of nitrogens with zero attached hydrogens (tertiary/aromatic N) is 3. The molecule has 108 valence electrons. The van der Waals surface area contributed by atoms with Crippen molar-refractivity contribution in [2.24, 2.45) is 0 Å². The lowest BCUT2D eigenvalue weighted by atomic mass is 10.3. The summed E-state index contributed by atoms with van der Waals surface area (Å²) < 4.78 is 5.55. The van der Waals surface area contributed by atoms with Crippen molar-refractivity contribution in [1.29, 1.82) is 0 Å². The van der Waals surface area contributed by atoms with E-state index in [0.717, 1.165) is 23.4 Å². The number of benzene rings is 1. The number of aromatic amines is 1. The largest absolute Gasteiger partial charge is 0.494 e. The van der Waals surface area contributed by atoms with Gasteiger partial charge in [0.2, 0.25) is 5.95 Å². The third-order valence-electron chi connectivity index (χ3n) is 2.89. The second-order valence-corrected chi connectivity index (χ2v) is 4.53. The number of hydrogen-bond donors (Lipinski definition) is 3. The second kappa shape index (κ2) is 5.66. The van der Waals surface area contributed by atoms with Crippen LogP contribution in [0.3, 0.4) is 0 Å². The molecule has 0 amide bonds. The number of anilines is 3. The van der Waals surface area contributed by atoms with E-state index in [1.807, 2.05) is 24.3 Å². The Morgan fingerprint density at radius 1 is 1.24 bits per heavy atom. The predicted octanol–water partition coefficient (Wildman–Crippen LogP) is 2.47. The minimum Gasteiger partial charge on any atom is -0.494 e. The SMILES string of the molecule is CCCOc1ccc(Nc2nc(N)nc3nc[nH]c23)cc1. The fourth-order valence-electron chi connectivity index (χ4n) is 1.93. The van der Waals surface area contributed by atoms with E-state index < -0.39 is 0 Å². The van der Waals surface area contributed by atoms with Gasteiger partial charge in [-0.15, -0.1) is 0 Å². The van der Waals surface area contributed by atoms with Gasteiger partial charge in [0.1, 0.15) is 11.3 Å². The van der Waals surface area contributed by atoms with Crippen molar-refractivity contribution in [3.63, 3.8) is 0 Å². The molecular formula is C14H16N6O. The first-order valence-corrected chi connectivity index (χ1v) is 6.72. The molecule has 3 rings (SSSR count). The van der Waals surface area contributed by atoms with Gasteiger partial charge < -0.3 is 20.8 Å². The van der Waals surface area contributed by atoms with Crippen LogP contribution in [0.15, 0.2) is 30.6 Å². The third kappa shape index (κ3) is 2.86. The molecule has 2 heterocycles. The molecule has 0 unspecified atom stereocenters. The zero-order valence-electron chi connectivity index (χ0n) is 11.6. The fraction of sp³-hybridized carbons (Fsp3) is 0.214. The smallest absolute Gasteiger partial charge is 0.224 e. The Bertz CT molecular complexity index is 737. The summed E-state index contributed by atoms with van der Waals surface area (Å²) in [5.74, 6) is 1.62. The zero-order valence-corrected chi connectivity index (χ0v) is 11.6. The van der Waals surface area contributed by atoms with Crippen molar-refractivity contribution >= 4 is 28.6 Å². The van der Waals surface area contributed by atoms with Gasteiger partial charge in [0.15, 0.2) is 11.5 Å². The molecule has 2 aromatic heterocycles. The van der Waals surface area contributed by atoms with Crippen molar-refractivity contribution in [3.8, 4) is 5.75 Å². The summed E-state index contributed by atoms with van der Waals surface area (Å²) in [6.45, 7) is 2.79. The molecule has 3 aromatic rings. The molecule has 0 aliphatic rings. The number of fused-ring (bicyclic) bond motifs is 1. The summed E-state index contributed by atoms with van der Waals surface area (Å²) in [4.78, 5) is 15.3. The van der Waals surface area contributed by atoms with Gasteiger partial charge in [-0.2, -0.15) is 9.97 Å². The summed E-state index contributed by atoms with van der Waals surface area (Å²) in [5.41, 5.74) is 7.82. The van der Waals surface area contributed by atoms with Gasteiger partial charge in [-0.05, 0) is 30.7 Å². The summed E-state index contributed by atoms with van der Waals surface area (Å²) in [7, 11) is 0. The molecule has 4 N–H and O–H groups in total. The van der Waals surface area contributed by atoms with Crippen LogP contribution in [-0.4, -0.2) is 26.5 Å². The van der Waals surface area contributed by atoms with E-state index in [2.05, 4.69) is 32.2 Å². The van der Waals surface area contributed by atoms with Crippen molar-refractivity contribution in [3.05, 3.63) is 30.6 Å². The number of nitrogens with two attached hydrogens (primary N) is 1. The molecule has 0 saturated heterocycles. The number of H-pyrrole nitrogens is 1. The van der Waals surface area contributed by atoms with Crippen molar-refractivity contribution < 1.29 is 4.74 Å². The number of nitrogen functional groups attached to an aromatic ring is 1. The standard InChI is InChI=1S/C14H16N6O/c1-2-7-21-10-5-3-9(4-6-10)18-13-11-12(17-8-16-11)19-14(15)20-13/h3-6,8H,2,7H2,1H3,(H4,15,16,17,18,19,20). The third-order valence-corrected chi connectivity index (χ3v) is 2.89. The monoisotopic (exact) mass is 284 g/mol.